The zero-order valence-electron chi connectivity index (χ0n) is 10.8. The van der Waals surface area contributed by atoms with Gasteiger partial charge in [-0.2, -0.15) is 5.26 Å². The van der Waals surface area contributed by atoms with Crippen LogP contribution in [0.4, 0.5) is 5.69 Å². The summed E-state index contributed by atoms with van der Waals surface area (Å²) in [5.41, 5.74) is 0.749. The zero-order valence-corrected chi connectivity index (χ0v) is 11.6. The molecule has 0 bridgehead atoms. The first-order valence-electron chi connectivity index (χ1n) is 5.91. The molecule has 106 valence electrons. The van der Waals surface area contributed by atoms with Gasteiger partial charge in [-0.25, -0.2) is 8.42 Å². The van der Waals surface area contributed by atoms with Gasteiger partial charge in [-0.1, -0.05) is 12.1 Å². The number of nitrogens with one attached hydrogen (secondary N) is 1. The van der Waals surface area contributed by atoms with Crippen molar-refractivity contribution in [3.05, 3.63) is 54.1 Å². The van der Waals surface area contributed by atoms with Gasteiger partial charge in [0.2, 0.25) is 0 Å². The van der Waals surface area contributed by atoms with Crippen LogP contribution >= 0.6 is 0 Å². The number of nitriles is 1. The Kier molecular flexibility index (Phi) is 4.28. The van der Waals surface area contributed by atoms with Crippen molar-refractivity contribution in [3.8, 4) is 6.07 Å². The first-order chi connectivity index (χ1) is 9.92. The lowest BCUT2D eigenvalue weighted by Gasteiger charge is -2.09. The van der Waals surface area contributed by atoms with Crippen LogP contribution in [0.15, 0.2) is 53.4 Å². The highest BCUT2D eigenvalue weighted by atomic mass is 32.2. The molecule has 0 aromatic heterocycles. The average Bonchev–Trinajstić information content (AvgIpc) is 2.47. The first kappa shape index (κ1) is 15.1. The van der Waals surface area contributed by atoms with Crippen molar-refractivity contribution in [1.29, 1.82) is 5.26 Å². The fourth-order valence-corrected chi connectivity index (χ4v) is 2.73. The topological polar surface area (TPSA) is 110 Å². The fraction of sp³-hybridized carbons (Fsp3) is 0. The molecule has 0 saturated heterocycles. The van der Waals surface area contributed by atoms with Crippen LogP contribution in [-0.2, 0) is 10.0 Å². The Labute approximate surface area is 122 Å². The molecule has 0 unspecified atom stereocenters. The molecule has 0 aliphatic carbocycles. The second-order valence-corrected chi connectivity index (χ2v) is 5.92. The van der Waals surface area contributed by atoms with E-state index in [1.165, 1.54) is 48.5 Å². The molecule has 0 aliphatic heterocycles. The summed E-state index contributed by atoms with van der Waals surface area (Å²) in [4.78, 5) is 0.0106. The predicted octanol–water partition coefficient (Wildman–Crippen LogP) is 0.0389. The van der Waals surface area contributed by atoms with E-state index in [1.54, 1.807) is 0 Å². The van der Waals surface area contributed by atoms with Crippen molar-refractivity contribution in [2.75, 3.05) is 4.72 Å². The van der Waals surface area contributed by atoms with Gasteiger partial charge in [0.25, 0.3) is 10.0 Å². The maximum Gasteiger partial charge on any atom is 0.488 e. The van der Waals surface area contributed by atoms with E-state index in [1.807, 2.05) is 6.07 Å². The third-order valence-corrected chi connectivity index (χ3v) is 4.13. The van der Waals surface area contributed by atoms with Crippen molar-refractivity contribution in [2.24, 2.45) is 0 Å². The summed E-state index contributed by atoms with van der Waals surface area (Å²) in [6.07, 6.45) is 0. The molecule has 0 radical (unpaired) electrons. The summed E-state index contributed by atoms with van der Waals surface area (Å²) in [5, 5.41) is 26.8. The second-order valence-electron chi connectivity index (χ2n) is 4.24. The highest BCUT2D eigenvalue weighted by molar-refractivity contribution is 7.92. The monoisotopic (exact) mass is 302 g/mol. The quantitative estimate of drug-likeness (QED) is 0.691. The van der Waals surface area contributed by atoms with Crippen molar-refractivity contribution >= 4 is 28.3 Å². The lowest BCUT2D eigenvalue weighted by Crippen LogP contribution is -2.30. The van der Waals surface area contributed by atoms with E-state index in [9.17, 15) is 8.42 Å². The molecule has 0 saturated carbocycles. The van der Waals surface area contributed by atoms with Crippen LogP contribution in [0.2, 0.25) is 0 Å². The van der Waals surface area contributed by atoms with Crippen LogP contribution in [0.1, 0.15) is 5.56 Å². The lowest BCUT2D eigenvalue weighted by molar-refractivity contribution is 0.426. The van der Waals surface area contributed by atoms with Gasteiger partial charge >= 0.3 is 7.12 Å². The van der Waals surface area contributed by atoms with Crippen molar-refractivity contribution in [3.63, 3.8) is 0 Å². The van der Waals surface area contributed by atoms with Gasteiger partial charge in [0.1, 0.15) is 0 Å². The van der Waals surface area contributed by atoms with Crippen molar-refractivity contribution in [2.45, 2.75) is 4.90 Å². The fourth-order valence-electron chi connectivity index (χ4n) is 1.69. The molecule has 2 aromatic carbocycles. The molecule has 8 heteroatoms. The van der Waals surface area contributed by atoms with Gasteiger partial charge in [-0.3, -0.25) is 4.72 Å². The van der Waals surface area contributed by atoms with E-state index in [4.69, 9.17) is 15.3 Å². The third-order valence-electron chi connectivity index (χ3n) is 2.73. The summed E-state index contributed by atoms with van der Waals surface area (Å²) in [7, 11) is -5.48. The minimum absolute atomic E-state index is 0.0106. The molecule has 0 atom stereocenters. The number of nitrogens with zero attached hydrogens (tertiary/aromatic N) is 1. The molecule has 2 rings (SSSR count). The molecule has 0 heterocycles. The predicted molar refractivity (Wildman–Crippen MR) is 78.2 cm³/mol. The second kappa shape index (κ2) is 5.97. The van der Waals surface area contributed by atoms with E-state index in [0.717, 1.165) is 0 Å². The number of rotatable bonds is 4. The van der Waals surface area contributed by atoms with Crippen LogP contribution in [0.3, 0.4) is 0 Å². The molecular formula is C13H11BN2O4S. The smallest absolute Gasteiger partial charge is 0.423 e. The molecule has 3 N–H and O–H groups in total. The van der Waals surface area contributed by atoms with E-state index in [-0.39, 0.29) is 16.0 Å². The average molecular weight is 302 g/mol. The summed E-state index contributed by atoms with van der Waals surface area (Å²) in [6.45, 7) is 0. The van der Waals surface area contributed by atoms with Gasteiger partial charge in [0.05, 0.1) is 16.5 Å². The van der Waals surface area contributed by atoms with Gasteiger partial charge in [-0.15, -0.1) is 0 Å². The molecule has 21 heavy (non-hydrogen) atoms. The standard InChI is InChI=1S/C13H11BN2O4S/c15-9-10-4-6-13(7-5-10)21(19,20)16-12-3-1-2-11(8-12)14(17)18/h1-8,16-18H. The number of anilines is 1. The maximum absolute atomic E-state index is 12.2. The van der Waals surface area contributed by atoms with Crippen LogP contribution in [0, 0.1) is 11.3 Å². The normalized spacial score (nSPS) is 10.7. The van der Waals surface area contributed by atoms with E-state index in [2.05, 4.69) is 4.72 Å². The summed E-state index contributed by atoms with van der Waals surface area (Å²) in [6, 6.07) is 13.2. The zero-order chi connectivity index (χ0) is 15.5. The molecule has 2 aromatic rings. The highest BCUT2D eigenvalue weighted by Gasteiger charge is 2.16. The van der Waals surface area contributed by atoms with Crippen LogP contribution in [0.5, 0.6) is 0 Å². The third kappa shape index (κ3) is 3.61. The number of sulfonamides is 1. The summed E-state index contributed by atoms with van der Waals surface area (Å²) >= 11 is 0. The van der Waals surface area contributed by atoms with Gasteiger partial charge in [-0.05, 0) is 41.9 Å². The Morgan fingerprint density at radius 2 is 1.76 bits per heavy atom. The Balaban J connectivity index is 2.28. The van der Waals surface area contributed by atoms with E-state index < -0.39 is 17.1 Å². The lowest BCUT2D eigenvalue weighted by atomic mass is 9.80. The Morgan fingerprint density at radius 3 is 2.33 bits per heavy atom. The minimum Gasteiger partial charge on any atom is -0.423 e. The van der Waals surface area contributed by atoms with Crippen molar-refractivity contribution < 1.29 is 18.5 Å². The largest absolute Gasteiger partial charge is 0.488 e. The first-order valence-corrected chi connectivity index (χ1v) is 7.40. The Hall–Kier alpha value is -2.34. The summed E-state index contributed by atoms with van der Waals surface area (Å²) < 4.78 is 26.7. The van der Waals surface area contributed by atoms with Gasteiger partial charge < -0.3 is 10.0 Å². The molecule has 6 nitrogen and oxygen atoms in total. The van der Waals surface area contributed by atoms with E-state index in [0.29, 0.717) is 5.56 Å². The van der Waals surface area contributed by atoms with Crippen molar-refractivity contribution in [1.82, 2.24) is 0 Å². The van der Waals surface area contributed by atoms with Crippen LogP contribution in [0.25, 0.3) is 0 Å². The van der Waals surface area contributed by atoms with E-state index >= 15 is 0 Å². The number of hydrogen-bond acceptors (Lipinski definition) is 5. The Bertz CT molecular complexity index is 783. The van der Waals surface area contributed by atoms with Gasteiger partial charge in [0.15, 0.2) is 0 Å². The SMILES string of the molecule is N#Cc1ccc(S(=O)(=O)Nc2cccc(B(O)O)c2)cc1. The molecule has 0 amide bonds. The molecule has 0 spiro atoms. The highest BCUT2D eigenvalue weighted by Crippen LogP contribution is 2.15. The van der Waals surface area contributed by atoms with Gasteiger partial charge in [0, 0.05) is 5.69 Å². The number of benzene rings is 2. The minimum atomic E-state index is -3.80. The molecule has 0 aliphatic rings. The molecular weight excluding hydrogens is 291 g/mol. The Morgan fingerprint density at radius 1 is 1.10 bits per heavy atom. The number of hydrogen-bond donors (Lipinski definition) is 3. The van der Waals surface area contributed by atoms with Crippen LogP contribution in [-0.4, -0.2) is 25.6 Å². The van der Waals surface area contributed by atoms with Crippen LogP contribution < -0.4 is 10.2 Å². The summed E-state index contributed by atoms with van der Waals surface area (Å²) in [5.74, 6) is 0. The maximum atomic E-state index is 12.2. The molecule has 0 fully saturated rings.